The second-order valence-corrected chi connectivity index (χ2v) is 8.78. The van der Waals surface area contributed by atoms with Gasteiger partial charge in [-0.1, -0.05) is 72.8 Å². The maximum Gasteiger partial charge on any atom is 0.119 e. The molecule has 0 saturated carbocycles. The Bertz CT molecular complexity index is 941. The molecule has 2 atom stereocenters. The van der Waals surface area contributed by atoms with Crippen molar-refractivity contribution in [1.82, 2.24) is 4.90 Å². The van der Waals surface area contributed by atoms with Gasteiger partial charge < -0.3 is 9.84 Å². The fourth-order valence-electron chi connectivity index (χ4n) is 5.21. The molecular weight excluding hydrogens is 370 g/mol. The van der Waals surface area contributed by atoms with Crippen LogP contribution in [-0.4, -0.2) is 22.1 Å². The summed E-state index contributed by atoms with van der Waals surface area (Å²) < 4.78 is 5.92. The highest BCUT2D eigenvalue weighted by atomic mass is 16.5. The molecule has 2 heterocycles. The van der Waals surface area contributed by atoms with Gasteiger partial charge in [0.2, 0.25) is 0 Å². The number of benzene rings is 3. The number of hydrogen-bond donors (Lipinski definition) is 1. The summed E-state index contributed by atoms with van der Waals surface area (Å²) in [5.41, 5.74) is 2.80. The lowest BCUT2D eigenvalue weighted by Crippen LogP contribution is -2.49. The van der Waals surface area contributed by atoms with Crippen molar-refractivity contribution in [3.8, 4) is 5.75 Å². The van der Waals surface area contributed by atoms with Crippen LogP contribution in [-0.2, 0) is 18.8 Å². The van der Waals surface area contributed by atoms with Crippen molar-refractivity contribution in [1.29, 1.82) is 0 Å². The molecule has 0 radical (unpaired) electrons. The molecule has 2 fully saturated rings. The molecule has 3 aromatic carbocycles. The van der Waals surface area contributed by atoms with Gasteiger partial charge >= 0.3 is 0 Å². The molecule has 5 rings (SSSR count). The molecular formula is C27H29NO2. The normalized spacial score (nSPS) is 25.9. The van der Waals surface area contributed by atoms with Crippen molar-refractivity contribution in [3.05, 3.63) is 102 Å². The first-order valence-electron chi connectivity index (χ1n) is 11.0. The molecule has 1 N–H and O–H groups in total. The summed E-state index contributed by atoms with van der Waals surface area (Å²) in [7, 11) is 0. The van der Waals surface area contributed by atoms with E-state index in [-0.39, 0.29) is 0 Å². The van der Waals surface area contributed by atoms with Gasteiger partial charge in [-0.25, -0.2) is 0 Å². The molecule has 2 saturated heterocycles. The number of piperidine rings is 1. The van der Waals surface area contributed by atoms with Crippen LogP contribution < -0.4 is 4.74 Å². The van der Waals surface area contributed by atoms with Gasteiger partial charge in [0.25, 0.3) is 0 Å². The van der Waals surface area contributed by atoms with Gasteiger partial charge in [0.05, 0.1) is 5.60 Å². The molecule has 2 aliphatic rings. The average Bonchev–Trinajstić information content (AvgIpc) is 3.03. The van der Waals surface area contributed by atoms with E-state index >= 15 is 0 Å². The van der Waals surface area contributed by atoms with Crippen LogP contribution in [0.5, 0.6) is 5.75 Å². The van der Waals surface area contributed by atoms with Gasteiger partial charge in [0, 0.05) is 18.6 Å². The Labute approximate surface area is 178 Å². The van der Waals surface area contributed by atoms with Gasteiger partial charge in [-0.05, 0) is 54.5 Å². The van der Waals surface area contributed by atoms with Crippen molar-refractivity contribution < 1.29 is 9.84 Å². The summed E-state index contributed by atoms with van der Waals surface area (Å²) in [6.45, 7) is 1.54. The summed E-state index contributed by atoms with van der Waals surface area (Å²) in [4.78, 5) is 2.61. The summed E-state index contributed by atoms with van der Waals surface area (Å²) in [5, 5.41) is 11.5. The Balaban J connectivity index is 1.25. The smallest absolute Gasteiger partial charge is 0.119 e. The van der Waals surface area contributed by atoms with Crippen LogP contribution >= 0.6 is 0 Å². The molecule has 0 amide bonds. The number of rotatable bonds is 6. The highest BCUT2D eigenvalue weighted by Gasteiger charge is 2.48. The maximum atomic E-state index is 11.5. The van der Waals surface area contributed by atoms with Gasteiger partial charge in [-0.15, -0.1) is 0 Å². The number of hydrogen-bond acceptors (Lipinski definition) is 3. The van der Waals surface area contributed by atoms with E-state index in [1.54, 1.807) is 0 Å². The number of aliphatic hydroxyl groups is 1. The molecule has 154 valence electrons. The van der Waals surface area contributed by atoms with Crippen LogP contribution in [0.3, 0.4) is 0 Å². The Morgan fingerprint density at radius 2 is 1.33 bits per heavy atom. The fourth-order valence-corrected chi connectivity index (χ4v) is 5.21. The fraction of sp³-hybridized carbons (Fsp3) is 0.333. The summed E-state index contributed by atoms with van der Waals surface area (Å²) in [6.07, 6.45) is 3.97. The van der Waals surface area contributed by atoms with Crippen molar-refractivity contribution >= 4 is 0 Å². The third kappa shape index (κ3) is 4.00. The van der Waals surface area contributed by atoms with Gasteiger partial charge in [0.15, 0.2) is 0 Å². The van der Waals surface area contributed by atoms with Gasteiger partial charge in [-0.2, -0.15) is 0 Å². The Morgan fingerprint density at radius 1 is 0.767 bits per heavy atom. The largest absolute Gasteiger partial charge is 0.489 e. The van der Waals surface area contributed by atoms with Gasteiger partial charge in [0.1, 0.15) is 12.4 Å². The second-order valence-electron chi connectivity index (χ2n) is 8.78. The van der Waals surface area contributed by atoms with E-state index in [2.05, 4.69) is 47.4 Å². The monoisotopic (exact) mass is 399 g/mol. The Hall–Kier alpha value is -2.62. The zero-order chi connectivity index (χ0) is 20.4. The van der Waals surface area contributed by atoms with Crippen molar-refractivity contribution in [2.75, 3.05) is 0 Å². The third-order valence-corrected chi connectivity index (χ3v) is 6.77. The minimum Gasteiger partial charge on any atom is -0.489 e. The summed E-state index contributed by atoms with van der Waals surface area (Å²) >= 11 is 0. The van der Waals surface area contributed by atoms with E-state index in [0.29, 0.717) is 18.7 Å². The van der Waals surface area contributed by atoms with E-state index < -0.39 is 5.60 Å². The predicted molar refractivity (Wildman–Crippen MR) is 119 cm³/mol. The zero-order valence-electron chi connectivity index (χ0n) is 17.3. The lowest BCUT2D eigenvalue weighted by Gasteiger charge is -2.44. The third-order valence-electron chi connectivity index (χ3n) is 6.77. The Morgan fingerprint density at radius 3 is 1.93 bits per heavy atom. The quantitative estimate of drug-likeness (QED) is 0.612. The molecule has 30 heavy (non-hydrogen) atoms. The number of fused-ring (bicyclic) bond motifs is 2. The Kier molecular flexibility index (Phi) is 5.32. The molecule has 3 heteroatoms. The lowest BCUT2D eigenvalue weighted by atomic mass is 9.80. The molecule has 3 nitrogen and oxygen atoms in total. The number of nitrogens with zero attached hydrogens (tertiary/aromatic N) is 1. The van der Waals surface area contributed by atoms with Crippen LogP contribution in [0.15, 0.2) is 84.9 Å². The van der Waals surface area contributed by atoms with Crippen LogP contribution in [0.25, 0.3) is 0 Å². The number of ether oxygens (including phenoxy) is 1. The summed E-state index contributed by atoms with van der Waals surface area (Å²) in [6, 6.07) is 29.9. The van der Waals surface area contributed by atoms with E-state index in [0.717, 1.165) is 36.3 Å². The topological polar surface area (TPSA) is 32.7 Å². The molecule has 0 aromatic heterocycles. The molecule has 0 aliphatic carbocycles. The van der Waals surface area contributed by atoms with Crippen LogP contribution in [0.2, 0.25) is 0 Å². The van der Waals surface area contributed by atoms with Crippen molar-refractivity contribution in [3.63, 3.8) is 0 Å². The molecule has 0 spiro atoms. The van der Waals surface area contributed by atoms with Gasteiger partial charge in [-0.3, -0.25) is 4.90 Å². The summed E-state index contributed by atoms with van der Waals surface area (Å²) in [5.74, 6) is 0.843. The molecule has 2 unspecified atom stereocenters. The highest BCUT2D eigenvalue weighted by Crippen LogP contribution is 2.46. The van der Waals surface area contributed by atoms with E-state index in [1.165, 1.54) is 18.4 Å². The SMILES string of the molecule is OC1(c2ccc(OCc3ccccc3)cc2)CC2CCC(C1)N2Cc1ccccc1. The molecule has 2 aliphatic heterocycles. The zero-order valence-corrected chi connectivity index (χ0v) is 17.3. The van der Waals surface area contributed by atoms with Crippen molar-refractivity contribution in [2.24, 2.45) is 0 Å². The first kappa shape index (κ1) is 19.3. The average molecular weight is 400 g/mol. The minimum absolute atomic E-state index is 0.447. The maximum absolute atomic E-state index is 11.5. The first-order chi connectivity index (χ1) is 14.7. The minimum atomic E-state index is -0.739. The van der Waals surface area contributed by atoms with Crippen molar-refractivity contribution in [2.45, 2.75) is 56.5 Å². The van der Waals surface area contributed by atoms with Crippen LogP contribution in [0, 0.1) is 0 Å². The predicted octanol–water partition coefficient (Wildman–Crippen LogP) is 5.28. The second kappa shape index (κ2) is 8.25. The molecule has 2 bridgehead atoms. The van der Waals surface area contributed by atoms with E-state index in [9.17, 15) is 5.11 Å². The van der Waals surface area contributed by atoms with Crippen LogP contribution in [0.1, 0.15) is 42.4 Å². The highest BCUT2D eigenvalue weighted by molar-refractivity contribution is 5.32. The first-order valence-corrected chi connectivity index (χ1v) is 11.0. The van der Waals surface area contributed by atoms with E-state index in [4.69, 9.17) is 4.74 Å². The lowest BCUT2D eigenvalue weighted by molar-refractivity contribution is -0.0595. The standard InChI is InChI=1S/C27H29NO2/c29-27(23-11-15-26(16-12-23)30-20-22-9-5-2-6-10-22)17-24-13-14-25(18-27)28(24)19-21-7-3-1-4-8-21/h1-12,15-16,24-25,29H,13-14,17-20H2. The van der Waals surface area contributed by atoms with Crippen LogP contribution in [0.4, 0.5) is 0 Å². The van der Waals surface area contributed by atoms with E-state index in [1.807, 2.05) is 42.5 Å². The molecule has 3 aromatic rings.